The third kappa shape index (κ3) is 3.86. The van der Waals surface area contributed by atoms with Crippen LogP contribution in [0.3, 0.4) is 0 Å². The number of halogens is 1. The van der Waals surface area contributed by atoms with E-state index >= 15 is 0 Å². The van der Waals surface area contributed by atoms with Gasteiger partial charge in [-0.3, -0.25) is 9.79 Å². The normalized spacial score (nSPS) is 21.9. The Labute approximate surface area is 164 Å². The summed E-state index contributed by atoms with van der Waals surface area (Å²) in [6.07, 6.45) is 4.07. The summed E-state index contributed by atoms with van der Waals surface area (Å²) >= 11 is 6.44. The van der Waals surface area contributed by atoms with E-state index in [4.69, 9.17) is 22.1 Å². The number of nitrogens with zero attached hydrogens (tertiary/aromatic N) is 2. The number of hydrogen-bond donors (Lipinski definition) is 1. The number of nitrogens with two attached hydrogens (primary N) is 1. The molecule has 27 heavy (non-hydrogen) atoms. The Bertz CT molecular complexity index is 772. The van der Waals surface area contributed by atoms with Crippen molar-refractivity contribution in [3.05, 3.63) is 47.7 Å². The van der Waals surface area contributed by atoms with E-state index in [0.29, 0.717) is 37.9 Å². The first-order chi connectivity index (χ1) is 13.0. The average Bonchev–Trinajstić information content (AvgIpc) is 3.34. The zero-order valence-corrected chi connectivity index (χ0v) is 16.1. The van der Waals surface area contributed by atoms with Crippen molar-refractivity contribution < 1.29 is 14.3 Å². The van der Waals surface area contributed by atoms with E-state index in [0.717, 1.165) is 12.0 Å². The van der Waals surface area contributed by atoms with Crippen LogP contribution in [0.1, 0.15) is 31.2 Å². The lowest BCUT2D eigenvalue weighted by Crippen LogP contribution is -2.45. The van der Waals surface area contributed by atoms with Gasteiger partial charge in [0.25, 0.3) is 0 Å². The number of amides is 1. The summed E-state index contributed by atoms with van der Waals surface area (Å²) in [5.41, 5.74) is 6.63. The van der Waals surface area contributed by atoms with Crippen LogP contribution in [0.15, 0.2) is 47.1 Å². The maximum Gasteiger partial charge on any atom is 0.328 e. The average molecular weight is 390 g/mol. The van der Waals surface area contributed by atoms with Gasteiger partial charge in [-0.05, 0) is 31.2 Å². The molecule has 2 fully saturated rings. The summed E-state index contributed by atoms with van der Waals surface area (Å²) in [5.74, 6) is -0.487. The SMILES string of the molecule is COC(=O)[C@@H]1CCCN1C(=O)C1(/C(=C/N)C(Cl)=NCc2ccccc2)CC1. The first-order valence-corrected chi connectivity index (χ1v) is 9.47. The number of benzene rings is 1. The van der Waals surface area contributed by atoms with E-state index in [1.807, 2.05) is 30.3 Å². The molecule has 2 aliphatic rings. The Morgan fingerprint density at radius 3 is 2.67 bits per heavy atom. The second-order valence-electron chi connectivity index (χ2n) is 6.93. The highest BCUT2D eigenvalue weighted by atomic mass is 35.5. The van der Waals surface area contributed by atoms with Crippen molar-refractivity contribution in [2.24, 2.45) is 16.1 Å². The van der Waals surface area contributed by atoms with Gasteiger partial charge in [0.05, 0.1) is 19.1 Å². The minimum atomic E-state index is -0.775. The fraction of sp³-hybridized carbons (Fsp3) is 0.450. The molecule has 0 aromatic heterocycles. The lowest BCUT2D eigenvalue weighted by Gasteiger charge is -2.28. The number of carbonyl (C=O) groups excluding carboxylic acids is 2. The van der Waals surface area contributed by atoms with Crippen LogP contribution in [0, 0.1) is 5.41 Å². The van der Waals surface area contributed by atoms with Gasteiger partial charge in [-0.15, -0.1) is 0 Å². The van der Waals surface area contributed by atoms with Gasteiger partial charge in [0.1, 0.15) is 11.2 Å². The number of carbonyl (C=O) groups is 2. The first kappa shape index (κ1) is 19.4. The Kier molecular flexibility index (Phi) is 5.85. The molecule has 0 bridgehead atoms. The predicted molar refractivity (Wildman–Crippen MR) is 104 cm³/mol. The maximum atomic E-state index is 13.2. The number of ether oxygens (including phenoxy) is 1. The van der Waals surface area contributed by atoms with Crippen molar-refractivity contribution in [2.75, 3.05) is 13.7 Å². The predicted octanol–water partition coefficient (Wildman–Crippen LogP) is 2.61. The Morgan fingerprint density at radius 2 is 2.07 bits per heavy atom. The minimum Gasteiger partial charge on any atom is -0.467 e. The third-order valence-electron chi connectivity index (χ3n) is 5.29. The van der Waals surface area contributed by atoms with Gasteiger partial charge < -0.3 is 15.4 Å². The summed E-state index contributed by atoms with van der Waals surface area (Å²) in [4.78, 5) is 31.3. The summed E-state index contributed by atoms with van der Waals surface area (Å²) < 4.78 is 4.85. The van der Waals surface area contributed by atoms with E-state index in [1.54, 1.807) is 4.90 Å². The van der Waals surface area contributed by atoms with E-state index < -0.39 is 11.5 Å². The zero-order valence-electron chi connectivity index (χ0n) is 15.4. The van der Waals surface area contributed by atoms with Crippen LogP contribution in [0.2, 0.25) is 0 Å². The van der Waals surface area contributed by atoms with E-state index in [2.05, 4.69) is 4.99 Å². The quantitative estimate of drug-likeness (QED) is 0.598. The molecule has 6 nitrogen and oxygen atoms in total. The molecule has 1 aliphatic heterocycles. The molecule has 2 N–H and O–H groups in total. The van der Waals surface area contributed by atoms with Crippen molar-refractivity contribution in [1.82, 2.24) is 4.90 Å². The molecule has 1 amide bonds. The molecule has 7 heteroatoms. The maximum absolute atomic E-state index is 13.2. The third-order valence-corrected chi connectivity index (χ3v) is 5.62. The van der Waals surface area contributed by atoms with Crippen LogP contribution in [-0.4, -0.2) is 41.6 Å². The van der Waals surface area contributed by atoms with Crippen molar-refractivity contribution in [2.45, 2.75) is 38.3 Å². The molecule has 0 spiro atoms. The van der Waals surface area contributed by atoms with Gasteiger partial charge in [0.15, 0.2) is 0 Å². The first-order valence-electron chi connectivity index (χ1n) is 9.09. The molecule has 1 saturated carbocycles. The van der Waals surface area contributed by atoms with E-state index in [9.17, 15) is 9.59 Å². The number of esters is 1. The number of aliphatic imine (C=N–C) groups is 1. The fourth-order valence-corrected chi connectivity index (χ4v) is 3.95. The zero-order chi connectivity index (χ0) is 19.4. The van der Waals surface area contributed by atoms with E-state index in [-0.39, 0.29) is 17.0 Å². The van der Waals surface area contributed by atoms with Crippen LogP contribution in [-0.2, 0) is 20.9 Å². The van der Waals surface area contributed by atoms with Crippen LogP contribution >= 0.6 is 11.6 Å². The standard InChI is InChI=1S/C20H24ClN3O3/c1-27-18(25)16-8-5-11-24(16)19(26)20(9-10-20)15(12-22)17(21)23-13-14-6-3-2-4-7-14/h2-4,6-7,12,16H,5,8-11,13,22H2,1H3/b15-12+,23-17?/t16-/m0/s1. The van der Waals surface area contributed by atoms with Crippen LogP contribution < -0.4 is 5.73 Å². The molecule has 3 rings (SSSR count). The van der Waals surface area contributed by atoms with Crippen LogP contribution in [0.5, 0.6) is 0 Å². The van der Waals surface area contributed by atoms with Crippen LogP contribution in [0.25, 0.3) is 0 Å². The Morgan fingerprint density at radius 1 is 1.37 bits per heavy atom. The molecule has 1 aliphatic carbocycles. The van der Waals surface area contributed by atoms with Gasteiger partial charge in [0, 0.05) is 18.3 Å². The van der Waals surface area contributed by atoms with Gasteiger partial charge in [0.2, 0.25) is 5.91 Å². The van der Waals surface area contributed by atoms with Gasteiger partial charge in [-0.2, -0.15) is 0 Å². The largest absolute Gasteiger partial charge is 0.467 e. The molecule has 1 saturated heterocycles. The number of likely N-dealkylation sites (tertiary alicyclic amines) is 1. The molecular weight excluding hydrogens is 366 g/mol. The van der Waals surface area contributed by atoms with Crippen LogP contribution in [0.4, 0.5) is 0 Å². The minimum absolute atomic E-state index is 0.111. The highest BCUT2D eigenvalue weighted by molar-refractivity contribution is 6.70. The van der Waals surface area contributed by atoms with Crippen molar-refractivity contribution >= 4 is 28.6 Å². The highest BCUT2D eigenvalue weighted by Crippen LogP contribution is 2.54. The molecule has 1 aromatic carbocycles. The smallest absolute Gasteiger partial charge is 0.328 e. The number of rotatable bonds is 6. The van der Waals surface area contributed by atoms with Gasteiger partial charge in [-0.25, -0.2) is 4.79 Å². The Hall–Kier alpha value is -2.34. The van der Waals surface area contributed by atoms with Crippen molar-refractivity contribution in [3.63, 3.8) is 0 Å². The molecule has 0 unspecified atom stereocenters. The second kappa shape index (κ2) is 8.13. The van der Waals surface area contributed by atoms with Gasteiger partial charge >= 0.3 is 5.97 Å². The van der Waals surface area contributed by atoms with Crippen molar-refractivity contribution in [1.29, 1.82) is 0 Å². The topological polar surface area (TPSA) is 85.0 Å². The highest BCUT2D eigenvalue weighted by Gasteiger charge is 2.57. The molecule has 0 radical (unpaired) electrons. The molecule has 1 aromatic rings. The summed E-state index contributed by atoms with van der Waals surface area (Å²) in [6.45, 7) is 0.951. The fourth-order valence-electron chi connectivity index (χ4n) is 3.64. The lowest BCUT2D eigenvalue weighted by molar-refractivity contribution is -0.152. The number of hydrogen-bond acceptors (Lipinski definition) is 5. The molecule has 1 atom stereocenters. The van der Waals surface area contributed by atoms with E-state index in [1.165, 1.54) is 13.3 Å². The Balaban J connectivity index is 1.78. The summed E-state index contributed by atoms with van der Waals surface area (Å²) in [7, 11) is 1.34. The van der Waals surface area contributed by atoms with Gasteiger partial charge in [-0.1, -0.05) is 41.9 Å². The number of methoxy groups -OCH3 is 1. The molecule has 144 valence electrons. The monoisotopic (exact) mass is 389 g/mol. The van der Waals surface area contributed by atoms with Crippen molar-refractivity contribution in [3.8, 4) is 0 Å². The second-order valence-corrected chi connectivity index (χ2v) is 7.29. The molecule has 1 heterocycles. The lowest BCUT2D eigenvalue weighted by atomic mass is 9.94. The summed E-state index contributed by atoms with van der Waals surface area (Å²) in [5, 5.41) is 0.251. The molecular formula is C20H24ClN3O3. The summed E-state index contributed by atoms with van der Waals surface area (Å²) in [6, 6.07) is 9.20.